The highest BCUT2D eigenvalue weighted by Crippen LogP contribution is 2.23. The third kappa shape index (κ3) is 5.53. The van der Waals surface area contributed by atoms with E-state index in [-0.39, 0.29) is 11.9 Å². The SMILES string of the molecule is Cc1cc(C)cc(-n2ccnc2SCC(=O)NC(C)c2ccc(N3CCOCC3)cc2)c1. The van der Waals surface area contributed by atoms with Crippen LogP contribution in [0.2, 0.25) is 0 Å². The number of ether oxygens (including phenoxy) is 1. The molecule has 1 aliphatic rings. The summed E-state index contributed by atoms with van der Waals surface area (Å²) in [6.07, 6.45) is 3.71. The number of thioether (sulfide) groups is 1. The van der Waals surface area contributed by atoms with Crippen LogP contribution in [0.5, 0.6) is 0 Å². The molecule has 2 aromatic carbocycles. The molecule has 1 unspecified atom stereocenters. The molecule has 1 amide bonds. The number of morpholine rings is 1. The molecule has 1 atom stereocenters. The molecule has 0 bridgehead atoms. The molecule has 0 spiro atoms. The van der Waals surface area contributed by atoms with Crippen LogP contribution in [0, 0.1) is 13.8 Å². The first kappa shape index (κ1) is 22.4. The Balaban J connectivity index is 1.33. The molecule has 1 saturated heterocycles. The highest BCUT2D eigenvalue weighted by Gasteiger charge is 2.15. The first-order chi connectivity index (χ1) is 15.5. The highest BCUT2D eigenvalue weighted by atomic mass is 32.2. The second kappa shape index (κ2) is 10.2. The van der Waals surface area contributed by atoms with Crippen molar-refractivity contribution >= 4 is 23.4 Å². The Morgan fingerprint density at radius 3 is 2.47 bits per heavy atom. The number of carbonyl (C=O) groups excluding carboxylic acids is 1. The summed E-state index contributed by atoms with van der Waals surface area (Å²) in [5.74, 6) is 0.313. The summed E-state index contributed by atoms with van der Waals surface area (Å²) in [4.78, 5) is 19.4. The van der Waals surface area contributed by atoms with Gasteiger partial charge in [0.25, 0.3) is 0 Å². The van der Waals surface area contributed by atoms with Gasteiger partial charge in [-0.3, -0.25) is 9.36 Å². The van der Waals surface area contributed by atoms with Crippen molar-refractivity contribution in [2.24, 2.45) is 0 Å². The maximum atomic E-state index is 12.6. The van der Waals surface area contributed by atoms with Crippen molar-refractivity contribution in [3.05, 3.63) is 71.5 Å². The number of hydrogen-bond donors (Lipinski definition) is 1. The molecule has 4 rings (SSSR count). The number of anilines is 1. The van der Waals surface area contributed by atoms with Gasteiger partial charge in [0.05, 0.1) is 25.0 Å². The number of aryl methyl sites for hydroxylation is 2. The van der Waals surface area contributed by atoms with Crippen LogP contribution >= 0.6 is 11.8 Å². The molecule has 32 heavy (non-hydrogen) atoms. The topological polar surface area (TPSA) is 59.4 Å². The number of carbonyl (C=O) groups is 1. The standard InChI is InChI=1S/C25H30N4O2S/c1-18-14-19(2)16-23(15-18)29-9-8-26-25(29)32-17-24(30)27-20(3)21-4-6-22(7-5-21)28-10-12-31-13-11-28/h4-9,14-16,20H,10-13,17H2,1-3H3,(H,27,30). The van der Waals surface area contributed by atoms with Crippen molar-refractivity contribution in [1.82, 2.24) is 14.9 Å². The number of benzene rings is 2. The quantitative estimate of drug-likeness (QED) is 0.544. The van der Waals surface area contributed by atoms with Crippen LogP contribution in [0.4, 0.5) is 5.69 Å². The van der Waals surface area contributed by atoms with E-state index in [1.807, 2.05) is 17.7 Å². The van der Waals surface area contributed by atoms with E-state index in [1.165, 1.54) is 28.6 Å². The molecule has 2 heterocycles. The number of imidazole rings is 1. The molecule has 6 nitrogen and oxygen atoms in total. The maximum Gasteiger partial charge on any atom is 0.230 e. The lowest BCUT2D eigenvalue weighted by atomic mass is 10.1. The minimum absolute atomic E-state index is 0.00488. The van der Waals surface area contributed by atoms with E-state index in [0.29, 0.717) is 5.75 Å². The average molecular weight is 451 g/mol. The fourth-order valence-corrected chi connectivity index (χ4v) is 4.76. The van der Waals surface area contributed by atoms with E-state index in [1.54, 1.807) is 6.20 Å². The molecular formula is C25H30N4O2S. The molecule has 1 aliphatic heterocycles. The predicted octanol–water partition coefficient (Wildman–Crippen LogP) is 4.30. The maximum absolute atomic E-state index is 12.6. The number of amides is 1. The van der Waals surface area contributed by atoms with Crippen LogP contribution in [0.25, 0.3) is 5.69 Å². The van der Waals surface area contributed by atoms with Crippen LogP contribution in [0.3, 0.4) is 0 Å². The van der Waals surface area contributed by atoms with Gasteiger partial charge in [-0.2, -0.15) is 0 Å². The van der Waals surface area contributed by atoms with Crippen molar-refractivity contribution in [2.45, 2.75) is 32.0 Å². The zero-order valence-corrected chi connectivity index (χ0v) is 19.7. The van der Waals surface area contributed by atoms with E-state index in [9.17, 15) is 4.79 Å². The van der Waals surface area contributed by atoms with Crippen LogP contribution in [-0.4, -0.2) is 47.5 Å². The summed E-state index contributed by atoms with van der Waals surface area (Å²) in [5.41, 5.74) is 5.77. The normalized spacial score (nSPS) is 14.9. The average Bonchev–Trinajstić information content (AvgIpc) is 3.26. The van der Waals surface area contributed by atoms with Crippen LogP contribution in [0.15, 0.2) is 60.0 Å². The minimum atomic E-state index is -0.0546. The van der Waals surface area contributed by atoms with Crippen molar-refractivity contribution in [3.63, 3.8) is 0 Å². The fraction of sp³-hybridized carbons (Fsp3) is 0.360. The third-order valence-corrected chi connectivity index (χ3v) is 6.54. The summed E-state index contributed by atoms with van der Waals surface area (Å²) in [6, 6.07) is 14.8. The Bertz CT molecular complexity index is 1040. The monoisotopic (exact) mass is 450 g/mol. The first-order valence-electron chi connectivity index (χ1n) is 11.0. The van der Waals surface area contributed by atoms with Gasteiger partial charge >= 0.3 is 0 Å². The summed E-state index contributed by atoms with van der Waals surface area (Å²) in [5, 5.41) is 3.92. The molecule has 1 aromatic heterocycles. The molecule has 7 heteroatoms. The van der Waals surface area contributed by atoms with E-state index in [0.717, 1.165) is 42.7 Å². The van der Waals surface area contributed by atoms with Gasteiger partial charge in [-0.25, -0.2) is 4.98 Å². The fourth-order valence-electron chi connectivity index (χ4n) is 3.97. The number of nitrogens with zero attached hydrogens (tertiary/aromatic N) is 3. The van der Waals surface area contributed by atoms with Crippen molar-refractivity contribution in [3.8, 4) is 5.69 Å². The zero-order valence-electron chi connectivity index (χ0n) is 18.9. The molecule has 1 N–H and O–H groups in total. The van der Waals surface area contributed by atoms with Gasteiger partial charge in [0, 0.05) is 36.9 Å². The van der Waals surface area contributed by atoms with Crippen LogP contribution < -0.4 is 10.2 Å². The lowest BCUT2D eigenvalue weighted by molar-refractivity contribution is -0.119. The Labute approximate surface area is 194 Å². The number of aromatic nitrogens is 2. The Hall–Kier alpha value is -2.77. The highest BCUT2D eigenvalue weighted by molar-refractivity contribution is 7.99. The Morgan fingerprint density at radius 2 is 1.78 bits per heavy atom. The summed E-state index contributed by atoms with van der Waals surface area (Å²) in [7, 11) is 0. The van der Waals surface area contributed by atoms with Gasteiger partial charge in [0.2, 0.25) is 5.91 Å². The van der Waals surface area contributed by atoms with Crippen LogP contribution in [0.1, 0.15) is 29.7 Å². The second-order valence-corrected chi connectivity index (χ2v) is 9.14. The van der Waals surface area contributed by atoms with Crippen LogP contribution in [-0.2, 0) is 9.53 Å². The predicted molar refractivity (Wildman–Crippen MR) is 130 cm³/mol. The molecular weight excluding hydrogens is 420 g/mol. The third-order valence-electron chi connectivity index (χ3n) is 5.57. The van der Waals surface area contributed by atoms with E-state index >= 15 is 0 Å². The molecule has 0 aliphatic carbocycles. The van der Waals surface area contributed by atoms with Crippen molar-refractivity contribution in [2.75, 3.05) is 37.0 Å². The summed E-state index contributed by atoms with van der Waals surface area (Å²) >= 11 is 1.45. The lowest BCUT2D eigenvalue weighted by Crippen LogP contribution is -2.36. The van der Waals surface area contributed by atoms with E-state index in [4.69, 9.17) is 4.74 Å². The molecule has 3 aromatic rings. The van der Waals surface area contributed by atoms with Gasteiger partial charge in [0.15, 0.2) is 5.16 Å². The molecule has 1 fully saturated rings. The number of nitrogens with one attached hydrogen (secondary N) is 1. The van der Waals surface area contributed by atoms with Gasteiger partial charge in [0.1, 0.15) is 0 Å². The van der Waals surface area contributed by atoms with Gasteiger partial charge in [-0.05, 0) is 61.7 Å². The smallest absolute Gasteiger partial charge is 0.230 e. The minimum Gasteiger partial charge on any atom is -0.378 e. The lowest BCUT2D eigenvalue weighted by Gasteiger charge is -2.29. The van der Waals surface area contributed by atoms with E-state index < -0.39 is 0 Å². The van der Waals surface area contributed by atoms with E-state index in [2.05, 4.69) is 71.5 Å². The molecule has 168 valence electrons. The van der Waals surface area contributed by atoms with Gasteiger partial charge in [-0.15, -0.1) is 0 Å². The van der Waals surface area contributed by atoms with Crippen molar-refractivity contribution < 1.29 is 9.53 Å². The number of hydrogen-bond acceptors (Lipinski definition) is 5. The van der Waals surface area contributed by atoms with Crippen molar-refractivity contribution in [1.29, 1.82) is 0 Å². The first-order valence-corrected chi connectivity index (χ1v) is 11.9. The Kier molecular flexibility index (Phi) is 7.17. The summed E-state index contributed by atoms with van der Waals surface area (Å²) in [6.45, 7) is 9.57. The molecule has 0 radical (unpaired) electrons. The van der Waals surface area contributed by atoms with Gasteiger partial charge < -0.3 is 15.0 Å². The summed E-state index contributed by atoms with van der Waals surface area (Å²) < 4.78 is 7.46. The zero-order chi connectivity index (χ0) is 22.5. The van der Waals surface area contributed by atoms with Gasteiger partial charge in [-0.1, -0.05) is 30.0 Å². The molecule has 0 saturated carbocycles. The number of rotatable bonds is 7. The largest absolute Gasteiger partial charge is 0.378 e. The Morgan fingerprint density at radius 1 is 1.09 bits per heavy atom. The second-order valence-electron chi connectivity index (χ2n) is 8.19.